The summed E-state index contributed by atoms with van der Waals surface area (Å²) in [7, 11) is 0. The van der Waals surface area contributed by atoms with Crippen LogP contribution in [0.3, 0.4) is 0 Å². The third kappa shape index (κ3) is 4.66. The average Bonchev–Trinajstić information content (AvgIpc) is 3.21. The van der Waals surface area contributed by atoms with Crippen LogP contribution in [0.15, 0.2) is 28.2 Å². The molecule has 2 N–H and O–H groups in total. The Morgan fingerprint density at radius 2 is 2.29 bits per heavy atom. The summed E-state index contributed by atoms with van der Waals surface area (Å²) in [6.07, 6.45) is 2.76. The molecule has 0 aromatic carbocycles. The van der Waals surface area contributed by atoms with Gasteiger partial charge in [0.15, 0.2) is 12.1 Å². The fourth-order valence-electron chi connectivity index (χ4n) is 1.69. The van der Waals surface area contributed by atoms with Crippen LogP contribution in [0, 0.1) is 6.92 Å². The molecule has 0 fully saturated rings. The van der Waals surface area contributed by atoms with Gasteiger partial charge in [-0.1, -0.05) is 5.16 Å². The van der Waals surface area contributed by atoms with E-state index in [9.17, 15) is 9.59 Å². The van der Waals surface area contributed by atoms with E-state index in [0.717, 1.165) is 0 Å². The lowest BCUT2D eigenvalue weighted by Crippen LogP contribution is -2.32. The molecule has 1 amide bonds. The molecule has 0 aliphatic heterocycles. The minimum absolute atomic E-state index is 0.0611. The van der Waals surface area contributed by atoms with Gasteiger partial charge in [0.2, 0.25) is 6.61 Å². The van der Waals surface area contributed by atoms with Crippen molar-refractivity contribution in [2.75, 3.05) is 13.2 Å². The number of H-pyrrole nitrogens is 1. The van der Waals surface area contributed by atoms with Gasteiger partial charge in [0.25, 0.3) is 5.91 Å². The molecule has 2 rings (SSSR count). The number of hydrogen-bond acceptors (Lipinski definition) is 8. The zero-order valence-corrected chi connectivity index (χ0v) is 13.2. The molecule has 24 heavy (non-hydrogen) atoms. The van der Waals surface area contributed by atoms with Gasteiger partial charge in [-0.15, -0.1) is 0 Å². The lowest BCUT2D eigenvalue weighted by molar-refractivity contribution is -0.148. The molecule has 0 spiro atoms. The third-order valence-electron chi connectivity index (χ3n) is 2.87. The normalized spacial score (nSPS) is 11.2. The Kier molecular flexibility index (Phi) is 6.06. The number of hydrogen-bond donors (Lipinski definition) is 2. The highest BCUT2D eigenvalue weighted by Gasteiger charge is 2.18. The van der Waals surface area contributed by atoms with E-state index in [4.69, 9.17) is 14.0 Å². The number of oxazole rings is 1. The first kappa shape index (κ1) is 17.2. The van der Waals surface area contributed by atoms with Gasteiger partial charge in [-0.25, -0.2) is 9.78 Å². The highest BCUT2D eigenvalue weighted by atomic mass is 16.7. The molecule has 0 unspecified atom stereocenters. The number of aromatic amines is 1. The number of esters is 1. The van der Waals surface area contributed by atoms with E-state index < -0.39 is 18.5 Å². The molecule has 10 heteroatoms. The number of carbonyl (C=O) groups excluding carboxylic acids is 2. The number of aryl methyl sites for hydroxylation is 1. The molecule has 2 aromatic heterocycles. The number of nitrogens with zero attached hydrogens (tertiary/aromatic N) is 3. The van der Waals surface area contributed by atoms with Gasteiger partial charge < -0.3 is 19.3 Å². The van der Waals surface area contributed by atoms with E-state index in [2.05, 4.69) is 25.7 Å². The molecular weight excluding hydrogens is 318 g/mol. The second kappa shape index (κ2) is 8.46. The number of carbonyl (C=O) groups is 2. The lowest BCUT2D eigenvalue weighted by Gasteiger charge is -2.06. The molecule has 0 saturated carbocycles. The minimum atomic E-state index is -0.581. The summed E-state index contributed by atoms with van der Waals surface area (Å²) in [6.45, 7) is 3.40. The number of oxime groups is 1. The van der Waals surface area contributed by atoms with Crippen molar-refractivity contribution in [2.45, 2.75) is 20.4 Å². The second-order valence-electron chi connectivity index (χ2n) is 4.53. The first-order chi connectivity index (χ1) is 11.6. The Morgan fingerprint density at radius 3 is 2.92 bits per heavy atom. The van der Waals surface area contributed by atoms with E-state index in [1.165, 1.54) is 12.6 Å². The number of aromatic nitrogens is 3. The largest absolute Gasteiger partial charge is 0.463 e. The van der Waals surface area contributed by atoms with Gasteiger partial charge in [-0.05, 0) is 19.9 Å². The zero-order chi connectivity index (χ0) is 17.4. The number of amides is 1. The van der Waals surface area contributed by atoms with Crippen molar-refractivity contribution in [3.63, 3.8) is 0 Å². The summed E-state index contributed by atoms with van der Waals surface area (Å²) in [4.78, 5) is 32.4. The molecule has 0 saturated heterocycles. The molecule has 0 bridgehead atoms. The summed E-state index contributed by atoms with van der Waals surface area (Å²) in [5.74, 6) is -0.582. The summed E-state index contributed by atoms with van der Waals surface area (Å²) < 4.78 is 9.86. The maximum absolute atomic E-state index is 12.3. The van der Waals surface area contributed by atoms with E-state index in [1.54, 1.807) is 19.9 Å². The van der Waals surface area contributed by atoms with Crippen LogP contribution in [0.1, 0.15) is 24.1 Å². The van der Waals surface area contributed by atoms with Crippen molar-refractivity contribution < 1.29 is 23.6 Å². The first-order valence-corrected chi connectivity index (χ1v) is 7.14. The van der Waals surface area contributed by atoms with E-state index in [0.29, 0.717) is 17.1 Å². The predicted octanol–water partition coefficient (Wildman–Crippen LogP) is 0.306. The monoisotopic (exact) mass is 335 g/mol. The maximum atomic E-state index is 12.3. The van der Waals surface area contributed by atoms with E-state index in [1.807, 2.05) is 0 Å². The number of nitrogens with one attached hydrogen (secondary N) is 2. The van der Waals surface area contributed by atoms with Gasteiger partial charge in [-0.2, -0.15) is 5.10 Å². The molecule has 2 heterocycles. The predicted molar refractivity (Wildman–Crippen MR) is 80.8 cm³/mol. The van der Waals surface area contributed by atoms with Crippen LogP contribution >= 0.6 is 0 Å². The topological polar surface area (TPSA) is 132 Å². The van der Waals surface area contributed by atoms with Gasteiger partial charge in [0.1, 0.15) is 5.76 Å². The quantitative estimate of drug-likeness (QED) is 0.403. The SMILES string of the molecule is CCOC(=O)CO/N=C(/C(=O)NCc1ocnc1C)c1ccn[nH]1. The molecule has 0 atom stereocenters. The Labute approximate surface area is 137 Å². The average molecular weight is 335 g/mol. The van der Waals surface area contributed by atoms with Gasteiger partial charge >= 0.3 is 5.97 Å². The molecule has 0 aliphatic carbocycles. The van der Waals surface area contributed by atoms with Crippen molar-refractivity contribution in [1.29, 1.82) is 0 Å². The Morgan fingerprint density at radius 1 is 1.46 bits per heavy atom. The van der Waals surface area contributed by atoms with Gasteiger partial charge in [-0.3, -0.25) is 9.89 Å². The smallest absolute Gasteiger partial charge is 0.347 e. The molecule has 2 aromatic rings. The van der Waals surface area contributed by atoms with E-state index in [-0.39, 0.29) is 18.9 Å². The fraction of sp³-hybridized carbons (Fsp3) is 0.357. The molecule has 0 radical (unpaired) electrons. The molecule has 0 aliphatic rings. The molecule has 128 valence electrons. The maximum Gasteiger partial charge on any atom is 0.347 e. The van der Waals surface area contributed by atoms with Crippen LogP contribution in [-0.2, 0) is 25.7 Å². The third-order valence-corrected chi connectivity index (χ3v) is 2.87. The number of rotatable bonds is 8. The fourth-order valence-corrected chi connectivity index (χ4v) is 1.69. The second-order valence-corrected chi connectivity index (χ2v) is 4.53. The van der Waals surface area contributed by atoms with Crippen molar-refractivity contribution >= 4 is 17.6 Å². The first-order valence-electron chi connectivity index (χ1n) is 7.14. The lowest BCUT2D eigenvalue weighted by atomic mass is 10.2. The van der Waals surface area contributed by atoms with Crippen LogP contribution in [0.5, 0.6) is 0 Å². The highest BCUT2D eigenvalue weighted by molar-refractivity contribution is 6.44. The standard InChI is InChI=1S/C14H17N5O5/c1-3-22-12(20)7-24-19-13(10-4-5-17-18-10)14(21)15-6-11-9(2)16-8-23-11/h4-5,8H,3,6-7H2,1-2H3,(H,15,21)(H,17,18)/b19-13+. The van der Waals surface area contributed by atoms with Crippen LogP contribution in [-0.4, -0.2) is 46.0 Å². The van der Waals surface area contributed by atoms with Crippen LogP contribution in [0.4, 0.5) is 0 Å². The Bertz CT molecular complexity index is 707. The minimum Gasteiger partial charge on any atom is -0.463 e. The summed E-state index contributed by atoms with van der Waals surface area (Å²) in [5.41, 5.74) is 0.952. The highest BCUT2D eigenvalue weighted by Crippen LogP contribution is 2.05. The van der Waals surface area contributed by atoms with E-state index >= 15 is 0 Å². The summed E-state index contributed by atoms with van der Waals surface area (Å²) >= 11 is 0. The van der Waals surface area contributed by atoms with Crippen LogP contribution in [0.2, 0.25) is 0 Å². The zero-order valence-electron chi connectivity index (χ0n) is 13.2. The van der Waals surface area contributed by atoms with Crippen LogP contribution in [0.25, 0.3) is 0 Å². The molecular formula is C14H17N5O5. The Hall–Kier alpha value is -3.17. The number of ether oxygens (including phenoxy) is 1. The summed E-state index contributed by atoms with van der Waals surface area (Å²) in [6, 6.07) is 1.55. The summed E-state index contributed by atoms with van der Waals surface area (Å²) in [5, 5.41) is 12.7. The van der Waals surface area contributed by atoms with Crippen molar-refractivity contribution in [3.8, 4) is 0 Å². The van der Waals surface area contributed by atoms with Gasteiger partial charge in [0.05, 0.1) is 24.5 Å². The van der Waals surface area contributed by atoms with Gasteiger partial charge in [0, 0.05) is 6.20 Å². The van der Waals surface area contributed by atoms with Crippen molar-refractivity contribution in [2.24, 2.45) is 5.16 Å². The Balaban J connectivity index is 2.01. The van der Waals surface area contributed by atoms with Crippen LogP contribution < -0.4 is 5.32 Å². The molecule has 10 nitrogen and oxygen atoms in total. The van der Waals surface area contributed by atoms with Crippen molar-refractivity contribution in [1.82, 2.24) is 20.5 Å². The van der Waals surface area contributed by atoms with Crippen molar-refractivity contribution in [3.05, 3.63) is 35.8 Å².